The third kappa shape index (κ3) is 5.05. The molecule has 0 atom stereocenters. The first kappa shape index (κ1) is 14.8. The minimum absolute atomic E-state index is 0.568. The summed E-state index contributed by atoms with van der Waals surface area (Å²) in [4.78, 5) is 10.5. The number of hydrogen-bond donors (Lipinski definition) is 1. The Balaban J connectivity index is 4.52. The Kier molecular flexibility index (Phi) is 4.84. The predicted octanol–water partition coefficient (Wildman–Crippen LogP) is 1.81. The fourth-order valence-electron chi connectivity index (χ4n) is 0.599. The average molecular weight is 255 g/mol. The highest BCUT2D eigenvalue weighted by Gasteiger charge is 2.59. The van der Waals surface area contributed by atoms with Crippen LogP contribution in [0.5, 0.6) is 0 Å². The van der Waals surface area contributed by atoms with Crippen LogP contribution in [0.4, 0.5) is 31.1 Å². The van der Waals surface area contributed by atoms with Gasteiger partial charge in [-0.05, 0) is 0 Å². The van der Waals surface area contributed by atoms with Crippen molar-refractivity contribution in [3.8, 4) is 0 Å². The van der Waals surface area contributed by atoms with Gasteiger partial charge in [-0.15, -0.1) is 0 Å². The molecular formula is C6H7F6NO3. The summed E-state index contributed by atoms with van der Waals surface area (Å²) in [5.74, 6) is 0. The van der Waals surface area contributed by atoms with E-state index in [-0.39, 0.29) is 0 Å². The number of alkyl halides is 6. The van der Waals surface area contributed by atoms with E-state index in [1.807, 2.05) is 0 Å². The van der Waals surface area contributed by atoms with E-state index in [0.29, 0.717) is 0 Å². The van der Waals surface area contributed by atoms with Crippen LogP contribution in [0, 0.1) is 0 Å². The number of carbonyl (C=O) groups is 1. The second-order valence-corrected chi connectivity index (χ2v) is 2.48. The Bertz CT molecular complexity index is 223. The van der Waals surface area contributed by atoms with Gasteiger partial charge in [0, 0.05) is 7.11 Å². The fraction of sp³-hybridized carbons (Fsp3) is 0.833. The predicted molar refractivity (Wildman–Crippen MR) is 37.4 cm³/mol. The van der Waals surface area contributed by atoms with Crippen LogP contribution in [0.25, 0.3) is 0 Å². The lowest BCUT2D eigenvalue weighted by atomic mass is 10.3. The summed E-state index contributed by atoms with van der Waals surface area (Å²) >= 11 is 0. The number of carbonyl (C=O) groups excluding carboxylic acids is 1. The summed E-state index contributed by atoms with van der Waals surface area (Å²) in [7, 11) is 1.07. The van der Waals surface area contributed by atoms with E-state index in [0.717, 1.165) is 7.11 Å². The molecule has 0 bridgehead atoms. The lowest BCUT2D eigenvalue weighted by Gasteiger charge is -2.22. The Hall–Kier alpha value is -1.19. The smallest absolute Gasteiger partial charge is 0.427 e. The van der Waals surface area contributed by atoms with Crippen molar-refractivity contribution in [2.75, 3.05) is 13.8 Å². The summed E-state index contributed by atoms with van der Waals surface area (Å²) in [5, 5.41) is 1.52. The van der Waals surface area contributed by atoms with Gasteiger partial charge in [-0.3, -0.25) is 5.32 Å². The second-order valence-electron chi connectivity index (χ2n) is 2.48. The first-order valence-corrected chi connectivity index (χ1v) is 3.66. The number of alkyl carbamates (subject to hydrolysis) is 1. The molecule has 0 aromatic carbocycles. The van der Waals surface area contributed by atoms with Crippen LogP contribution in [-0.2, 0) is 9.47 Å². The Morgan fingerprint density at radius 3 is 1.94 bits per heavy atom. The summed E-state index contributed by atoms with van der Waals surface area (Å²) in [6.45, 7) is -0.568. The number of hydrogen-bond acceptors (Lipinski definition) is 3. The van der Waals surface area contributed by atoms with Crippen molar-refractivity contribution in [3.63, 3.8) is 0 Å². The van der Waals surface area contributed by atoms with Gasteiger partial charge in [0.25, 0.3) is 6.10 Å². The highest BCUT2D eigenvalue weighted by molar-refractivity contribution is 5.67. The van der Waals surface area contributed by atoms with Gasteiger partial charge in [0.2, 0.25) is 0 Å². The highest BCUT2D eigenvalue weighted by atomic mass is 19.4. The Morgan fingerprint density at radius 1 is 1.19 bits per heavy atom. The normalized spacial score (nSPS) is 12.8. The fourth-order valence-corrected chi connectivity index (χ4v) is 0.599. The van der Waals surface area contributed by atoms with E-state index in [9.17, 15) is 31.1 Å². The molecule has 0 aliphatic carbocycles. The number of methoxy groups -OCH3 is 1. The molecule has 0 aromatic heterocycles. The minimum Gasteiger partial charge on any atom is -0.427 e. The number of halogens is 6. The van der Waals surface area contributed by atoms with Gasteiger partial charge in [0.1, 0.15) is 6.73 Å². The topological polar surface area (TPSA) is 47.6 Å². The molecule has 0 fully saturated rings. The zero-order valence-electron chi connectivity index (χ0n) is 7.78. The van der Waals surface area contributed by atoms with Gasteiger partial charge in [0.15, 0.2) is 0 Å². The van der Waals surface area contributed by atoms with Crippen LogP contribution in [-0.4, -0.2) is 38.4 Å². The molecule has 0 aliphatic rings. The highest BCUT2D eigenvalue weighted by Crippen LogP contribution is 2.35. The summed E-state index contributed by atoms with van der Waals surface area (Å²) < 4.78 is 78.4. The SMILES string of the molecule is COCNC(=O)OC(C(F)(F)F)C(F)(F)F. The molecule has 10 heteroatoms. The quantitative estimate of drug-likeness (QED) is 0.618. The molecule has 0 rings (SSSR count). The summed E-state index contributed by atoms with van der Waals surface area (Å²) in [5.41, 5.74) is 0. The number of nitrogens with one attached hydrogen (secondary N) is 1. The molecule has 96 valence electrons. The van der Waals surface area contributed by atoms with Crippen molar-refractivity contribution < 1.29 is 40.6 Å². The van der Waals surface area contributed by atoms with Crippen molar-refractivity contribution >= 4 is 6.09 Å². The summed E-state index contributed by atoms with van der Waals surface area (Å²) in [6.07, 6.45) is -17.5. The number of amides is 1. The third-order valence-corrected chi connectivity index (χ3v) is 1.18. The van der Waals surface area contributed by atoms with Crippen molar-refractivity contribution in [1.29, 1.82) is 0 Å². The van der Waals surface area contributed by atoms with E-state index < -0.39 is 31.3 Å². The van der Waals surface area contributed by atoms with E-state index in [2.05, 4.69) is 9.47 Å². The van der Waals surface area contributed by atoms with Gasteiger partial charge in [-0.1, -0.05) is 0 Å². The monoisotopic (exact) mass is 255 g/mol. The molecule has 0 spiro atoms. The minimum atomic E-state index is -5.72. The van der Waals surface area contributed by atoms with Gasteiger partial charge >= 0.3 is 18.4 Å². The van der Waals surface area contributed by atoms with Gasteiger partial charge in [-0.25, -0.2) is 4.79 Å². The van der Waals surface area contributed by atoms with E-state index in [1.54, 1.807) is 0 Å². The van der Waals surface area contributed by atoms with Crippen LogP contribution in [0.15, 0.2) is 0 Å². The Morgan fingerprint density at radius 2 is 1.62 bits per heavy atom. The zero-order chi connectivity index (χ0) is 13.0. The van der Waals surface area contributed by atoms with Crippen molar-refractivity contribution in [1.82, 2.24) is 5.32 Å². The maximum atomic E-state index is 11.8. The van der Waals surface area contributed by atoms with Crippen molar-refractivity contribution in [2.45, 2.75) is 18.5 Å². The average Bonchev–Trinajstić information content (AvgIpc) is 2.07. The molecule has 0 radical (unpaired) electrons. The molecule has 1 N–H and O–H groups in total. The van der Waals surface area contributed by atoms with E-state index in [4.69, 9.17) is 0 Å². The van der Waals surface area contributed by atoms with Crippen LogP contribution < -0.4 is 5.32 Å². The molecule has 0 unspecified atom stereocenters. The lowest BCUT2D eigenvalue weighted by Crippen LogP contribution is -2.47. The molecule has 1 amide bonds. The zero-order valence-corrected chi connectivity index (χ0v) is 7.78. The molecular weight excluding hydrogens is 248 g/mol. The molecule has 0 aliphatic heterocycles. The molecule has 4 nitrogen and oxygen atoms in total. The molecule has 0 aromatic rings. The molecule has 16 heavy (non-hydrogen) atoms. The van der Waals surface area contributed by atoms with E-state index in [1.165, 1.54) is 5.32 Å². The maximum Gasteiger partial charge on any atom is 0.434 e. The molecule has 0 saturated carbocycles. The first-order chi connectivity index (χ1) is 7.09. The third-order valence-electron chi connectivity index (χ3n) is 1.18. The van der Waals surface area contributed by atoms with Crippen LogP contribution in [0.1, 0.15) is 0 Å². The van der Waals surface area contributed by atoms with Gasteiger partial charge in [-0.2, -0.15) is 26.3 Å². The summed E-state index contributed by atoms with van der Waals surface area (Å²) in [6, 6.07) is 0. The van der Waals surface area contributed by atoms with Crippen LogP contribution in [0.2, 0.25) is 0 Å². The molecule has 0 heterocycles. The van der Waals surface area contributed by atoms with E-state index >= 15 is 0 Å². The van der Waals surface area contributed by atoms with Gasteiger partial charge < -0.3 is 9.47 Å². The Labute approximate surface area is 85.5 Å². The largest absolute Gasteiger partial charge is 0.434 e. The van der Waals surface area contributed by atoms with Crippen LogP contribution >= 0.6 is 0 Å². The second kappa shape index (κ2) is 5.23. The lowest BCUT2D eigenvalue weighted by molar-refractivity contribution is -0.307. The standard InChI is InChI=1S/C6H7F6NO3/c1-15-2-13-4(14)16-3(5(7,8)9)6(10,11)12/h3H,2H2,1H3,(H,13,14). The molecule has 0 saturated heterocycles. The maximum absolute atomic E-state index is 11.8. The number of rotatable bonds is 3. The number of ether oxygens (including phenoxy) is 2. The van der Waals surface area contributed by atoms with Crippen LogP contribution in [0.3, 0.4) is 0 Å². The van der Waals surface area contributed by atoms with Crippen molar-refractivity contribution in [2.24, 2.45) is 0 Å². The van der Waals surface area contributed by atoms with Crippen molar-refractivity contribution in [3.05, 3.63) is 0 Å². The first-order valence-electron chi connectivity index (χ1n) is 3.66. The van der Waals surface area contributed by atoms with Gasteiger partial charge in [0.05, 0.1) is 0 Å².